The highest BCUT2D eigenvalue weighted by Crippen LogP contribution is 2.51. The van der Waals surface area contributed by atoms with Crippen molar-refractivity contribution in [3.05, 3.63) is 0 Å². The molecule has 0 aromatic heterocycles. The van der Waals surface area contributed by atoms with Crippen LogP contribution in [0.25, 0.3) is 0 Å². The van der Waals surface area contributed by atoms with Gasteiger partial charge in [-0.3, -0.25) is 4.79 Å². The van der Waals surface area contributed by atoms with Gasteiger partial charge in [0.1, 0.15) is 0 Å². The lowest BCUT2D eigenvalue weighted by atomic mass is 10.1. The first-order chi connectivity index (χ1) is 5.78. The van der Waals surface area contributed by atoms with E-state index in [-0.39, 0.29) is 17.2 Å². The van der Waals surface area contributed by atoms with Crippen LogP contribution in [-0.4, -0.2) is 11.4 Å². The monoisotopic (exact) mass is 179 g/mol. The molecule has 0 aromatic carbocycles. The van der Waals surface area contributed by atoms with Crippen molar-refractivity contribution in [1.29, 1.82) is 0 Å². The number of nitrogens with one attached hydrogen (secondary N) is 1. The van der Waals surface area contributed by atoms with Gasteiger partial charge < -0.3 is 5.32 Å². The van der Waals surface area contributed by atoms with Gasteiger partial charge in [-0.05, 0) is 25.7 Å². The molecule has 0 aromatic rings. The second-order valence-corrected chi connectivity index (χ2v) is 5.00. The topological polar surface area (TPSA) is 29.1 Å². The molecular formula is C11H17NO. The Labute approximate surface area is 80.1 Å². The van der Waals surface area contributed by atoms with Gasteiger partial charge in [-0.25, -0.2) is 0 Å². The van der Waals surface area contributed by atoms with Crippen LogP contribution >= 0.6 is 0 Å². The van der Waals surface area contributed by atoms with Crippen molar-refractivity contribution >= 4 is 5.91 Å². The SMILES string of the molecule is C#CC(C)(C)NC(=O)C1CC1(C)C. The fraction of sp³-hybridized carbons (Fsp3) is 0.727. The average molecular weight is 179 g/mol. The summed E-state index contributed by atoms with van der Waals surface area (Å²) >= 11 is 0. The molecule has 0 bridgehead atoms. The lowest BCUT2D eigenvalue weighted by Crippen LogP contribution is -2.43. The Balaban J connectivity index is 2.50. The van der Waals surface area contributed by atoms with Gasteiger partial charge in [-0.1, -0.05) is 19.8 Å². The largest absolute Gasteiger partial charge is 0.340 e. The van der Waals surface area contributed by atoms with Crippen molar-refractivity contribution in [2.75, 3.05) is 0 Å². The van der Waals surface area contributed by atoms with Gasteiger partial charge >= 0.3 is 0 Å². The Morgan fingerprint density at radius 1 is 1.62 bits per heavy atom. The molecule has 1 aliphatic rings. The standard InChI is InChI=1S/C11H17NO/c1-6-11(4,5)12-9(13)8-7-10(8,2)3/h1,8H,7H2,2-5H3,(H,12,13). The minimum Gasteiger partial charge on any atom is -0.340 e. The zero-order valence-corrected chi connectivity index (χ0v) is 8.77. The van der Waals surface area contributed by atoms with Gasteiger partial charge in [0, 0.05) is 5.92 Å². The Morgan fingerprint density at radius 2 is 2.08 bits per heavy atom. The highest BCUT2D eigenvalue weighted by molar-refractivity contribution is 5.83. The van der Waals surface area contributed by atoms with Crippen molar-refractivity contribution in [1.82, 2.24) is 5.32 Å². The molecule has 13 heavy (non-hydrogen) atoms. The van der Waals surface area contributed by atoms with Gasteiger partial charge in [0.25, 0.3) is 0 Å². The number of amides is 1. The molecule has 0 heterocycles. The first kappa shape index (κ1) is 10.1. The molecule has 1 aliphatic carbocycles. The maximum atomic E-state index is 11.6. The molecule has 1 fully saturated rings. The van der Waals surface area contributed by atoms with Crippen molar-refractivity contribution in [2.45, 2.75) is 39.7 Å². The van der Waals surface area contributed by atoms with Crippen molar-refractivity contribution in [3.8, 4) is 12.3 Å². The lowest BCUT2D eigenvalue weighted by Gasteiger charge is -2.19. The van der Waals surface area contributed by atoms with Gasteiger partial charge in [0.15, 0.2) is 0 Å². The highest BCUT2D eigenvalue weighted by atomic mass is 16.2. The maximum absolute atomic E-state index is 11.6. The van der Waals surface area contributed by atoms with Crippen molar-refractivity contribution < 1.29 is 4.79 Å². The predicted octanol–water partition coefficient (Wildman–Crippen LogP) is 1.56. The van der Waals surface area contributed by atoms with Crippen molar-refractivity contribution in [2.24, 2.45) is 11.3 Å². The fourth-order valence-electron chi connectivity index (χ4n) is 1.35. The van der Waals surface area contributed by atoms with E-state index in [2.05, 4.69) is 25.1 Å². The average Bonchev–Trinajstić information content (AvgIpc) is 2.59. The Kier molecular flexibility index (Phi) is 2.15. The highest BCUT2D eigenvalue weighted by Gasteiger charge is 2.51. The predicted molar refractivity (Wildman–Crippen MR) is 52.9 cm³/mol. The first-order valence-corrected chi connectivity index (χ1v) is 4.58. The molecule has 0 spiro atoms. The minimum atomic E-state index is -0.518. The number of carbonyl (C=O) groups excluding carboxylic acids is 1. The van der Waals surface area contributed by atoms with E-state index in [0.717, 1.165) is 6.42 Å². The smallest absolute Gasteiger partial charge is 0.224 e. The normalized spacial score (nSPS) is 24.7. The first-order valence-electron chi connectivity index (χ1n) is 4.58. The summed E-state index contributed by atoms with van der Waals surface area (Å²) in [6, 6.07) is 0. The third-order valence-electron chi connectivity index (χ3n) is 2.63. The molecule has 1 N–H and O–H groups in total. The van der Waals surface area contributed by atoms with Crippen LogP contribution in [0.4, 0.5) is 0 Å². The van der Waals surface area contributed by atoms with Crippen LogP contribution in [0.2, 0.25) is 0 Å². The summed E-state index contributed by atoms with van der Waals surface area (Å²) in [5.41, 5.74) is -0.343. The molecule has 1 unspecified atom stereocenters. The van der Waals surface area contributed by atoms with Gasteiger partial charge in [-0.15, -0.1) is 6.42 Å². The summed E-state index contributed by atoms with van der Waals surface area (Å²) in [7, 11) is 0. The molecule has 0 radical (unpaired) electrons. The van der Waals surface area contributed by atoms with Crippen LogP contribution < -0.4 is 5.32 Å². The number of hydrogen-bond acceptors (Lipinski definition) is 1. The molecule has 0 saturated heterocycles. The zero-order valence-electron chi connectivity index (χ0n) is 8.77. The molecule has 2 nitrogen and oxygen atoms in total. The van der Waals surface area contributed by atoms with Crippen LogP contribution in [0, 0.1) is 23.7 Å². The number of carbonyl (C=O) groups is 1. The molecule has 1 rings (SSSR count). The Morgan fingerprint density at radius 3 is 2.38 bits per heavy atom. The second-order valence-electron chi connectivity index (χ2n) is 5.00. The van der Waals surface area contributed by atoms with E-state index >= 15 is 0 Å². The van der Waals surface area contributed by atoms with E-state index in [4.69, 9.17) is 6.42 Å². The van der Waals surface area contributed by atoms with Crippen LogP contribution in [0.15, 0.2) is 0 Å². The van der Waals surface area contributed by atoms with E-state index < -0.39 is 5.54 Å². The zero-order chi connectivity index (χ0) is 10.3. The van der Waals surface area contributed by atoms with E-state index in [1.54, 1.807) is 0 Å². The Hall–Kier alpha value is -0.970. The van der Waals surface area contributed by atoms with E-state index in [1.807, 2.05) is 13.8 Å². The van der Waals surface area contributed by atoms with Crippen molar-refractivity contribution in [3.63, 3.8) is 0 Å². The summed E-state index contributed by atoms with van der Waals surface area (Å²) in [4.78, 5) is 11.6. The third-order valence-corrected chi connectivity index (χ3v) is 2.63. The number of terminal acetylenes is 1. The van der Waals surface area contributed by atoms with E-state index in [1.165, 1.54) is 0 Å². The quantitative estimate of drug-likeness (QED) is 0.640. The molecule has 2 heteroatoms. The number of rotatable bonds is 2. The molecule has 1 amide bonds. The van der Waals surface area contributed by atoms with Gasteiger partial charge in [-0.2, -0.15) is 0 Å². The van der Waals surface area contributed by atoms with Crippen LogP contribution in [0.1, 0.15) is 34.1 Å². The Bertz CT molecular complexity index is 270. The minimum absolute atomic E-state index is 0.0907. The summed E-state index contributed by atoms with van der Waals surface area (Å²) in [6.07, 6.45) is 6.25. The molecule has 0 aliphatic heterocycles. The molecule has 1 atom stereocenters. The van der Waals surface area contributed by atoms with E-state index in [9.17, 15) is 4.79 Å². The second kappa shape index (κ2) is 2.77. The molecule has 1 saturated carbocycles. The van der Waals surface area contributed by atoms with Crippen LogP contribution in [0.5, 0.6) is 0 Å². The molecule has 72 valence electrons. The summed E-state index contributed by atoms with van der Waals surface area (Å²) in [6.45, 7) is 7.86. The van der Waals surface area contributed by atoms with Crippen LogP contribution in [0.3, 0.4) is 0 Å². The van der Waals surface area contributed by atoms with Gasteiger partial charge in [0.2, 0.25) is 5.91 Å². The maximum Gasteiger partial charge on any atom is 0.224 e. The fourth-order valence-corrected chi connectivity index (χ4v) is 1.35. The summed E-state index contributed by atoms with van der Waals surface area (Å²) < 4.78 is 0. The number of hydrogen-bond donors (Lipinski definition) is 1. The van der Waals surface area contributed by atoms with E-state index in [0.29, 0.717) is 0 Å². The van der Waals surface area contributed by atoms with Gasteiger partial charge in [0.05, 0.1) is 5.54 Å². The summed E-state index contributed by atoms with van der Waals surface area (Å²) in [5, 5.41) is 2.85. The molecular weight excluding hydrogens is 162 g/mol. The lowest BCUT2D eigenvalue weighted by molar-refractivity contribution is -0.124. The third kappa shape index (κ3) is 2.24. The summed E-state index contributed by atoms with van der Waals surface area (Å²) in [5.74, 6) is 2.79. The van der Waals surface area contributed by atoms with Crippen LogP contribution in [-0.2, 0) is 4.79 Å².